The zero-order chi connectivity index (χ0) is 21.8. The standard InChI is InChI=1S/C22H34N6O3/c1-26(2)22(30)27-10-4-17(5-11-27)20(29)24-18-6-12-28(15-18)21-23-9-3-19(25-21)16-7-13-31-14-8-16/h3,9,16-18H,4-8,10-15H2,1-2H3,(H,24,29). The van der Waals surface area contributed by atoms with E-state index in [2.05, 4.69) is 15.2 Å². The van der Waals surface area contributed by atoms with Crippen LogP contribution >= 0.6 is 0 Å². The third-order valence-electron chi connectivity index (χ3n) is 6.64. The first-order valence-corrected chi connectivity index (χ1v) is 11.4. The van der Waals surface area contributed by atoms with Gasteiger partial charge in [0.1, 0.15) is 0 Å². The first kappa shape index (κ1) is 21.8. The number of carbonyl (C=O) groups is 2. The second-order valence-electron chi connectivity index (χ2n) is 9.05. The fourth-order valence-corrected chi connectivity index (χ4v) is 4.73. The molecule has 0 aromatic carbocycles. The topological polar surface area (TPSA) is 90.9 Å². The van der Waals surface area contributed by atoms with E-state index in [1.807, 2.05) is 17.2 Å². The Bertz CT molecular complexity index is 774. The molecule has 0 bridgehead atoms. The van der Waals surface area contributed by atoms with Gasteiger partial charge in [-0.05, 0) is 38.2 Å². The molecule has 3 aliphatic heterocycles. The molecular formula is C22H34N6O3. The summed E-state index contributed by atoms with van der Waals surface area (Å²) in [7, 11) is 3.52. The van der Waals surface area contributed by atoms with Crippen LogP contribution in [-0.4, -0.2) is 91.2 Å². The summed E-state index contributed by atoms with van der Waals surface area (Å²) in [6.07, 6.45) is 6.20. The van der Waals surface area contributed by atoms with Crippen LogP contribution in [0, 0.1) is 5.92 Å². The number of ether oxygens (including phenoxy) is 1. The van der Waals surface area contributed by atoms with Gasteiger partial charge >= 0.3 is 6.03 Å². The third kappa shape index (κ3) is 5.26. The van der Waals surface area contributed by atoms with Gasteiger partial charge in [-0.3, -0.25) is 4.79 Å². The zero-order valence-electron chi connectivity index (χ0n) is 18.6. The maximum absolute atomic E-state index is 12.8. The van der Waals surface area contributed by atoms with Gasteiger partial charge in [-0.15, -0.1) is 0 Å². The van der Waals surface area contributed by atoms with Crippen LogP contribution in [0.1, 0.15) is 43.7 Å². The predicted octanol–water partition coefficient (Wildman–Crippen LogP) is 1.46. The first-order chi connectivity index (χ1) is 15.0. The molecule has 1 unspecified atom stereocenters. The number of urea groups is 1. The minimum absolute atomic E-state index is 0.0200. The molecule has 1 aromatic rings. The van der Waals surface area contributed by atoms with Crippen LogP contribution in [0.5, 0.6) is 0 Å². The van der Waals surface area contributed by atoms with Gasteiger partial charge in [0.2, 0.25) is 11.9 Å². The summed E-state index contributed by atoms with van der Waals surface area (Å²) in [5, 5.41) is 3.23. The number of aromatic nitrogens is 2. The fourth-order valence-electron chi connectivity index (χ4n) is 4.73. The average molecular weight is 431 g/mol. The monoisotopic (exact) mass is 430 g/mol. The van der Waals surface area contributed by atoms with Gasteiger partial charge < -0.3 is 24.8 Å². The third-order valence-corrected chi connectivity index (χ3v) is 6.64. The molecule has 3 aliphatic rings. The summed E-state index contributed by atoms with van der Waals surface area (Å²) in [4.78, 5) is 39.8. The number of rotatable bonds is 4. The smallest absolute Gasteiger partial charge is 0.319 e. The lowest BCUT2D eigenvalue weighted by molar-refractivity contribution is -0.126. The lowest BCUT2D eigenvalue weighted by Crippen LogP contribution is -2.48. The van der Waals surface area contributed by atoms with E-state index in [1.165, 1.54) is 0 Å². The minimum Gasteiger partial charge on any atom is -0.381 e. The Kier molecular flexibility index (Phi) is 6.89. The molecular weight excluding hydrogens is 396 g/mol. The van der Waals surface area contributed by atoms with Crippen LogP contribution in [-0.2, 0) is 9.53 Å². The van der Waals surface area contributed by atoms with Gasteiger partial charge in [-0.2, -0.15) is 0 Å². The number of nitrogens with one attached hydrogen (secondary N) is 1. The van der Waals surface area contributed by atoms with E-state index in [0.29, 0.717) is 19.0 Å². The summed E-state index contributed by atoms with van der Waals surface area (Å²) >= 11 is 0. The highest BCUT2D eigenvalue weighted by Gasteiger charge is 2.31. The highest BCUT2D eigenvalue weighted by Crippen LogP contribution is 2.27. The Balaban J connectivity index is 1.27. The summed E-state index contributed by atoms with van der Waals surface area (Å²) in [5.41, 5.74) is 1.10. The normalized spacial score (nSPS) is 23.1. The van der Waals surface area contributed by atoms with Crippen LogP contribution in [0.15, 0.2) is 12.3 Å². The molecule has 4 rings (SSSR count). The summed E-state index contributed by atoms with van der Waals surface area (Å²) in [5.74, 6) is 1.30. The van der Waals surface area contributed by atoms with E-state index in [1.54, 1.807) is 19.0 Å². The van der Waals surface area contributed by atoms with Crippen molar-refractivity contribution in [2.75, 3.05) is 58.4 Å². The zero-order valence-corrected chi connectivity index (χ0v) is 18.6. The van der Waals surface area contributed by atoms with Crippen molar-refractivity contribution in [3.63, 3.8) is 0 Å². The maximum Gasteiger partial charge on any atom is 0.319 e. The fraction of sp³-hybridized carbons (Fsp3) is 0.727. The number of carbonyl (C=O) groups excluding carboxylic acids is 2. The number of likely N-dealkylation sites (tertiary alicyclic amines) is 1. The van der Waals surface area contributed by atoms with Crippen LogP contribution in [0.2, 0.25) is 0 Å². The Labute approximate surface area is 184 Å². The highest BCUT2D eigenvalue weighted by atomic mass is 16.5. The largest absolute Gasteiger partial charge is 0.381 e. The van der Waals surface area contributed by atoms with Crippen molar-refractivity contribution in [1.29, 1.82) is 0 Å². The SMILES string of the molecule is CN(C)C(=O)N1CCC(C(=O)NC2CCN(c3nccc(C4CCOCC4)n3)C2)CC1. The highest BCUT2D eigenvalue weighted by molar-refractivity contribution is 5.80. The van der Waals surface area contributed by atoms with Gasteiger partial charge in [0.25, 0.3) is 0 Å². The molecule has 3 amide bonds. The molecule has 4 heterocycles. The predicted molar refractivity (Wildman–Crippen MR) is 117 cm³/mol. The molecule has 31 heavy (non-hydrogen) atoms. The molecule has 1 aromatic heterocycles. The van der Waals surface area contributed by atoms with Crippen molar-refractivity contribution in [2.45, 2.75) is 44.1 Å². The number of piperidine rings is 1. The van der Waals surface area contributed by atoms with Crippen LogP contribution < -0.4 is 10.2 Å². The van der Waals surface area contributed by atoms with E-state index >= 15 is 0 Å². The Morgan fingerprint density at radius 2 is 1.84 bits per heavy atom. The second-order valence-corrected chi connectivity index (χ2v) is 9.05. The van der Waals surface area contributed by atoms with Crippen LogP contribution in [0.25, 0.3) is 0 Å². The average Bonchev–Trinajstić information content (AvgIpc) is 3.28. The van der Waals surface area contributed by atoms with Gasteiger partial charge in [-0.25, -0.2) is 14.8 Å². The quantitative estimate of drug-likeness (QED) is 0.778. The summed E-state index contributed by atoms with van der Waals surface area (Å²) in [6.45, 7) is 4.45. The lowest BCUT2D eigenvalue weighted by Gasteiger charge is -2.33. The minimum atomic E-state index is -0.0200. The van der Waals surface area contributed by atoms with Gasteiger partial charge in [-0.1, -0.05) is 0 Å². The summed E-state index contributed by atoms with van der Waals surface area (Å²) in [6, 6.07) is 2.15. The molecule has 1 N–H and O–H groups in total. The molecule has 0 saturated carbocycles. The number of nitrogens with zero attached hydrogens (tertiary/aromatic N) is 5. The van der Waals surface area contributed by atoms with Crippen molar-refractivity contribution in [1.82, 2.24) is 25.1 Å². The van der Waals surface area contributed by atoms with Gasteiger partial charge in [0, 0.05) is 83.3 Å². The van der Waals surface area contributed by atoms with Crippen molar-refractivity contribution in [2.24, 2.45) is 5.92 Å². The van der Waals surface area contributed by atoms with Crippen LogP contribution in [0.3, 0.4) is 0 Å². The van der Waals surface area contributed by atoms with E-state index in [9.17, 15) is 9.59 Å². The molecule has 3 fully saturated rings. The van der Waals surface area contributed by atoms with Crippen molar-refractivity contribution >= 4 is 17.9 Å². The Morgan fingerprint density at radius 3 is 2.55 bits per heavy atom. The van der Waals surface area contributed by atoms with Crippen molar-refractivity contribution in [3.05, 3.63) is 18.0 Å². The molecule has 0 aliphatic carbocycles. The van der Waals surface area contributed by atoms with Crippen molar-refractivity contribution in [3.8, 4) is 0 Å². The lowest BCUT2D eigenvalue weighted by atomic mass is 9.95. The molecule has 170 valence electrons. The molecule has 9 heteroatoms. The Hall–Kier alpha value is -2.42. The molecule has 3 saturated heterocycles. The summed E-state index contributed by atoms with van der Waals surface area (Å²) < 4.78 is 5.46. The number of hydrogen-bond donors (Lipinski definition) is 1. The molecule has 1 atom stereocenters. The van der Waals surface area contributed by atoms with E-state index < -0.39 is 0 Å². The van der Waals surface area contributed by atoms with E-state index in [4.69, 9.17) is 9.72 Å². The Morgan fingerprint density at radius 1 is 1.10 bits per heavy atom. The van der Waals surface area contributed by atoms with Crippen molar-refractivity contribution < 1.29 is 14.3 Å². The molecule has 0 spiro atoms. The molecule has 9 nitrogen and oxygen atoms in total. The van der Waals surface area contributed by atoms with Crippen LogP contribution in [0.4, 0.5) is 10.7 Å². The van der Waals surface area contributed by atoms with Gasteiger partial charge in [0.05, 0.1) is 0 Å². The number of hydrogen-bond acceptors (Lipinski definition) is 6. The molecule has 0 radical (unpaired) electrons. The van der Waals surface area contributed by atoms with Gasteiger partial charge in [0.15, 0.2) is 0 Å². The second kappa shape index (κ2) is 9.80. The number of amides is 3. The van der Waals surface area contributed by atoms with E-state index in [0.717, 1.165) is 70.0 Å². The van der Waals surface area contributed by atoms with E-state index in [-0.39, 0.29) is 23.9 Å². The maximum atomic E-state index is 12.8. The first-order valence-electron chi connectivity index (χ1n) is 11.4. The number of anilines is 1.